The van der Waals surface area contributed by atoms with Crippen LogP contribution in [0.1, 0.15) is 66.4 Å². The minimum Gasteiger partial charge on any atom is -0.335 e. The molecule has 5 rings (SSSR count). The van der Waals surface area contributed by atoms with Crippen LogP contribution in [0.3, 0.4) is 0 Å². The molecule has 0 atom stereocenters. The second-order valence-corrected chi connectivity index (χ2v) is 7.47. The first-order valence-electron chi connectivity index (χ1n) is 8.85. The summed E-state index contributed by atoms with van der Waals surface area (Å²) in [7, 11) is 4.31. The van der Waals surface area contributed by atoms with Gasteiger partial charge in [0, 0.05) is 51.1 Å². The summed E-state index contributed by atoms with van der Waals surface area (Å²) in [5.74, 6) is 4.96. The molecular weight excluding hydrogens is 288 g/mol. The summed E-state index contributed by atoms with van der Waals surface area (Å²) in [6, 6.07) is 0. The fourth-order valence-corrected chi connectivity index (χ4v) is 3.85. The van der Waals surface area contributed by atoms with Crippen molar-refractivity contribution in [3.63, 3.8) is 0 Å². The van der Waals surface area contributed by atoms with E-state index in [0.717, 1.165) is 37.8 Å². The Bertz CT molecular complexity index is 749. The summed E-state index contributed by atoms with van der Waals surface area (Å²) in [5.41, 5.74) is 2.73. The van der Waals surface area contributed by atoms with Gasteiger partial charge in [0.15, 0.2) is 0 Å². The summed E-state index contributed by atoms with van der Waals surface area (Å²) in [4.78, 5) is 7.41. The molecule has 3 heterocycles. The fraction of sp³-hybridized carbons (Fsp3) is 0.706. The lowest BCUT2D eigenvalue weighted by Crippen LogP contribution is -2.31. The zero-order valence-electron chi connectivity index (χ0n) is 14.0. The van der Waals surface area contributed by atoms with Crippen molar-refractivity contribution in [1.82, 2.24) is 29.2 Å². The second-order valence-electron chi connectivity index (χ2n) is 7.47. The Balaban J connectivity index is 1.34. The molecule has 3 aliphatic rings. The zero-order valence-corrected chi connectivity index (χ0v) is 14.0. The molecule has 2 aromatic heterocycles. The van der Waals surface area contributed by atoms with Gasteiger partial charge in [-0.05, 0) is 25.7 Å². The normalized spacial score (nSPS) is 21.7. The Morgan fingerprint density at radius 3 is 2.43 bits per heavy atom. The van der Waals surface area contributed by atoms with Crippen LogP contribution in [0.15, 0.2) is 0 Å². The number of hydrogen-bond acceptors (Lipinski definition) is 4. The number of aromatic nitrogens is 5. The summed E-state index contributed by atoms with van der Waals surface area (Å²) in [6.07, 6.45) is 6.28. The van der Waals surface area contributed by atoms with E-state index in [0.29, 0.717) is 5.92 Å². The molecule has 0 spiro atoms. The van der Waals surface area contributed by atoms with Gasteiger partial charge in [-0.25, -0.2) is 4.98 Å². The molecule has 2 aliphatic carbocycles. The molecule has 0 amide bonds. The Labute approximate surface area is 136 Å². The lowest BCUT2D eigenvalue weighted by atomic mass is 10.1. The molecule has 0 unspecified atom stereocenters. The SMILES string of the molecule is Cn1c(CN2CCc3c(nc(C4CC4)n3C)C2)nnc1C1CC1. The molecule has 0 aromatic carbocycles. The lowest BCUT2D eigenvalue weighted by Gasteiger charge is -2.26. The molecule has 0 N–H and O–H groups in total. The van der Waals surface area contributed by atoms with Crippen molar-refractivity contribution in [2.45, 2.75) is 57.0 Å². The van der Waals surface area contributed by atoms with Gasteiger partial charge in [0.2, 0.25) is 0 Å². The first kappa shape index (κ1) is 13.7. The van der Waals surface area contributed by atoms with Crippen molar-refractivity contribution in [3.8, 4) is 0 Å². The standard InChI is InChI=1S/C17H24N6/c1-21-14-7-8-23(9-13(14)18-16(21)11-3-4-11)10-15-19-20-17(22(15)2)12-5-6-12/h11-12H,3-10H2,1-2H3. The number of nitrogens with zero attached hydrogens (tertiary/aromatic N) is 6. The molecule has 2 saturated carbocycles. The summed E-state index contributed by atoms with van der Waals surface area (Å²) in [6.45, 7) is 2.91. The molecular formula is C17H24N6. The summed E-state index contributed by atoms with van der Waals surface area (Å²) >= 11 is 0. The molecule has 6 heteroatoms. The maximum absolute atomic E-state index is 4.95. The van der Waals surface area contributed by atoms with Crippen molar-refractivity contribution in [3.05, 3.63) is 28.9 Å². The van der Waals surface area contributed by atoms with Gasteiger partial charge in [-0.1, -0.05) is 0 Å². The van der Waals surface area contributed by atoms with Crippen LogP contribution in [-0.4, -0.2) is 35.8 Å². The highest BCUT2D eigenvalue weighted by molar-refractivity contribution is 5.23. The van der Waals surface area contributed by atoms with E-state index in [9.17, 15) is 0 Å². The average molecular weight is 312 g/mol. The smallest absolute Gasteiger partial charge is 0.146 e. The Morgan fingerprint density at radius 1 is 0.957 bits per heavy atom. The summed E-state index contributed by atoms with van der Waals surface area (Å²) in [5, 5.41) is 8.84. The minimum atomic E-state index is 0.658. The van der Waals surface area contributed by atoms with Gasteiger partial charge in [-0.15, -0.1) is 10.2 Å². The van der Waals surface area contributed by atoms with Crippen molar-refractivity contribution in [1.29, 1.82) is 0 Å². The first-order chi connectivity index (χ1) is 11.2. The number of rotatable bonds is 4. The molecule has 6 nitrogen and oxygen atoms in total. The monoisotopic (exact) mass is 312 g/mol. The third-order valence-electron chi connectivity index (χ3n) is 5.62. The third kappa shape index (κ3) is 2.31. The van der Waals surface area contributed by atoms with E-state index >= 15 is 0 Å². The molecule has 2 fully saturated rings. The molecule has 2 aromatic rings. The van der Waals surface area contributed by atoms with Crippen molar-refractivity contribution in [2.24, 2.45) is 14.1 Å². The third-order valence-corrected chi connectivity index (χ3v) is 5.62. The first-order valence-corrected chi connectivity index (χ1v) is 8.85. The van der Waals surface area contributed by atoms with Gasteiger partial charge in [-0.3, -0.25) is 4.90 Å². The molecule has 0 saturated heterocycles. The quantitative estimate of drug-likeness (QED) is 0.865. The van der Waals surface area contributed by atoms with Crippen LogP contribution >= 0.6 is 0 Å². The van der Waals surface area contributed by atoms with Crippen LogP contribution in [0.25, 0.3) is 0 Å². The van der Waals surface area contributed by atoms with Gasteiger partial charge in [0.25, 0.3) is 0 Å². The minimum absolute atomic E-state index is 0.658. The van der Waals surface area contributed by atoms with Crippen LogP contribution in [0.4, 0.5) is 0 Å². The van der Waals surface area contributed by atoms with Crippen molar-refractivity contribution < 1.29 is 0 Å². The van der Waals surface area contributed by atoms with E-state index < -0.39 is 0 Å². The topological polar surface area (TPSA) is 51.8 Å². The lowest BCUT2D eigenvalue weighted by molar-refractivity contribution is 0.231. The van der Waals surface area contributed by atoms with E-state index in [2.05, 4.69) is 38.3 Å². The molecule has 0 radical (unpaired) electrons. The zero-order chi connectivity index (χ0) is 15.6. The van der Waals surface area contributed by atoms with E-state index in [1.165, 1.54) is 48.7 Å². The predicted octanol–water partition coefficient (Wildman–Crippen LogP) is 1.86. The van der Waals surface area contributed by atoms with Gasteiger partial charge in [0.1, 0.15) is 17.5 Å². The molecule has 1 aliphatic heterocycles. The van der Waals surface area contributed by atoms with Gasteiger partial charge < -0.3 is 9.13 Å². The van der Waals surface area contributed by atoms with Gasteiger partial charge in [0.05, 0.1) is 12.2 Å². The molecule has 122 valence electrons. The second kappa shape index (κ2) is 4.90. The molecule has 23 heavy (non-hydrogen) atoms. The Morgan fingerprint density at radius 2 is 1.70 bits per heavy atom. The van der Waals surface area contributed by atoms with Crippen molar-refractivity contribution >= 4 is 0 Å². The summed E-state index contributed by atoms with van der Waals surface area (Å²) < 4.78 is 4.57. The highest BCUT2D eigenvalue weighted by Crippen LogP contribution is 2.41. The van der Waals surface area contributed by atoms with E-state index in [1.807, 2.05) is 0 Å². The van der Waals surface area contributed by atoms with E-state index in [-0.39, 0.29) is 0 Å². The van der Waals surface area contributed by atoms with Crippen LogP contribution in [0.5, 0.6) is 0 Å². The number of imidazole rings is 1. The van der Waals surface area contributed by atoms with Crippen molar-refractivity contribution in [2.75, 3.05) is 6.54 Å². The maximum atomic E-state index is 4.95. The Hall–Kier alpha value is -1.69. The highest BCUT2D eigenvalue weighted by atomic mass is 15.3. The fourth-order valence-electron chi connectivity index (χ4n) is 3.85. The van der Waals surface area contributed by atoms with Crippen LogP contribution < -0.4 is 0 Å². The Kier molecular flexibility index (Phi) is 2.92. The van der Waals surface area contributed by atoms with Crippen LogP contribution in [0.2, 0.25) is 0 Å². The maximum Gasteiger partial charge on any atom is 0.146 e. The van der Waals surface area contributed by atoms with Crippen LogP contribution in [-0.2, 0) is 33.6 Å². The number of hydrogen-bond donors (Lipinski definition) is 0. The predicted molar refractivity (Wildman–Crippen MR) is 86.0 cm³/mol. The average Bonchev–Trinajstić information content (AvgIpc) is 3.46. The van der Waals surface area contributed by atoms with Crippen LogP contribution in [0, 0.1) is 0 Å². The highest BCUT2D eigenvalue weighted by Gasteiger charge is 2.33. The van der Waals surface area contributed by atoms with E-state index in [1.54, 1.807) is 0 Å². The largest absolute Gasteiger partial charge is 0.335 e. The van der Waals surface area contributed by atoms with Gasteiger partial charge in [-0.2, -0.15) is 0 Å². The van der Waals surface area contributed by atoms with Gasteiger partial charge >= 0.3 is 0 Å². The van der Waals surface area contributed by atoms with E-state index in [4.69, 9.17) is 4.98 Å². The molecule has 0 bridgehead atoms. The number of fused-ring (bicyclic) bond motifs is 1.